The Labute approximate surface area is 131 Å². The lowest BCUT2D eigenvalue weighted by Gasteiger charge is -2.07. The van der Waals surface area contributed by atoms with Gasteiger partial charge in [0, 0.05) is 12.7 Å². The minimum atomic E-state index is -0.0759. The van der Waals surface area contributed by atoms with Crippen molar-refractivity contribution in [3.8, 4) is 0 Å². The lowest BCUT2D eigenvalue weighted by atomic mass is 10.1. The molecule has 7 heteroatoms. The van der Waals surface area contributed by atoms with Crippen molar-refractivity contribution in [3.05, 3.63) is 11.9 Å². The lowest BCUT2D eigenvalue weighted by molar-refractivity contribution is -0.110. The van der Waals surface area contributed by atoms with Crippen LogP contribution < -0.4 is 10.6 Å². The first kappa shape index (κ1) is 18.4. The third-order valence-electron chi connectivity index (χ3n) is 3.76. The van der Waals surface area contributed by atoms with Gasteiger partial charge in [-0.05, 0) is 52.6 Å². The average molecular weight is 309 g/mol. The number of unbranched alkanes of at least 4 members (excludes halogenated alkanes) is 1. The summed E-state index contributed by atoms with van der Waals surface area (Å²) in [4.78, 5) is 21.4. The number of carbonyl (C=O) groups is 2. The number of nitrogens with zero attached hydrogens (tertiary/aromatic N) is 3. The topological polar surface area (TPSA) is 88.9 Å². The zero-order chi connectivity index (χ0) is 16.2. The SMILES string of the molecule is CNC(C=O)CCCCn1cc(CCCC(C=O)NC)nn1. The number of nitrogens with one attached hydrogen (secondary N) is 2. The Bertz CT molecular complexity index is 435. The first-order valence-corrected chi connectivity index (χ1v) is 7.87. The fourth-order valence-electron chi connectivity index (χ4n) is 2.26. The highest BCUT2D eigenvalue weighted by molar-refractivity contribution is 5.57. The second kappa shape index (κ2) is 11.0. The third kappa shape index (κ3) is 6.91. The molecule has 1 aromatic heterocycles. The van der Waals surface area contributed by atoms with Crippen molar-refractivity contribution in [1.29, 1.82) is 0 Å². The van der Waals surface area contributed by atoms with Gasteiger partial charge < -0.3 is 20.2 Å². The Kier molecular flexibility index (Phi) is 9.25. The molecule has 0 aliphatic heterocycles. The summed E-state index contributed by atoms with van der Waals surface area (Å²) in [6.45, 7) is 0.815. The molecule has 2 atom stereocenters. The largest absolute Gasteiger partial charge is 0.311 e. The molecule has 7 nitrogen and oxygen atoms in total. The van der Waals surface area contributed by atoms with E-state index in [1.54, 1.807) is 14.1 Å². The van der Waals surface area contributed by atoms with Crippen molar-refractivity contribution in [2.45, 2.75) is 57.2 Å². The Morgan fingerprint density at radius 1 is 1.09 bits per heavy atom. The summed E-state index contributed by atoms with van der Waals surface area (Å²) in [6.07, 6.45) is 9.20. The van der Waals surface area contributed by atoms with E-state index in [1.165, 1.54) is 0 Å². The van der Waals surface area contributed by atoms with Crippen molar-refractivity contribution in [2.75, 3.05) is 14.1 Å². The standard InChI is InChI=1S/C15H27N5O2/c1-16-14(11-21)6-3-4-9-20-10-13(18-19-20)7-5-8-15(12-22)17-2/h10-12,14-17H,3-9H2,1-2H3. The second-order valence-electron chi connectivity index (χ2n) is 5.42. The molecule has 0 saturated carbocycles. The molecule has 0 aliphatic rings. The fourth-order valence-corrected chi connectivity index (χ4v) is 2.26. The summed E-state index contributed by atoms with van der Waals surface area (Å²) in [6, 6.07) is -0.128. The minimum Gasteiger partial charge on any atom is -0.311 e. The summed E-state index contributed by atoms with van der Waals surface area (Å²) in [5.74, 6) is 0. The molecule has 1 aromatic rings. The molecule has 1 heterocycles. The highest BCUT2D eigenvalue weighted by Gasteiger charge is 2.06. The molecular weight excluding hydrogens is 282 g/mol. The molecule has 1 rings (SSSR count). The van der Waals surface area contributed by atoms with E-state index in [0.29, 0.717) is 0 Å². The van der Waals surface area contributed by atoms with Crippen LogP contribution in [0.1, 0.15) is 37.8 Å². The number of hydrogen-bond donors (Lipinski definition) is 2. The van der Waals surface area contributed by atoms with E-state index >= 15 is 0 Å². The van der Waals surface area contributed by atoms with Gasteiger partial charge in [0.1, 0.15) is 12.6 Å². The maximum absolute atomic E-state index is 10.7. The zero-order valence-corrected chi connectivity index (χ0v) is 13.5. The molecule has 2 N–H and O–H groups in total. The van der Waals surface area contributed by atoms with Crippen molar-refractivity contribution < 1.29 is 9.59 Å². The van der Waals surface area contributed by atoms with E-state index in [9.17, 15) is 9.59 Å². The Hall–Kier alpha value is -1.60. The molecule has 0 aromatic carbocycles. The van der Waals surface area contributed by atoms with E-state index < -0.39 is 0 Å². The monoisotopic (exact) mass is 309 g/mol. The smallest absolute Gasteiger partial charge is 0.136 e. The quantitative estimate of drug-likeness (QED) is 0.404. The molecule has 0 spiro atoms. The van der Waals surface area contributed by atoms with Gasteiger partial charge in [-0.3, -0.25) is 4.68 Å². The van der Waals surface area contributed by atoms with Crippen LogP contribution >= 0.6 is 0 Å². The number of rotatable bonds is 13. The summed E-state index contributed by atoms with van der Waals surface area (Å²) in [5.41, 5.74) is 0.960. The summed E-state index contributed by atoms with van der Waals surface area (Å²) in [7, 11) is 3.59. The number of aldehydes is 2. The highest BCUT2D eigenvalue weighted by atomic mass is 16.1. The number of aryl methyl sites for hydroxylation is 2. The molecule has 2 unspecified atom stereocenters. The molecule has 0 bridgehead atoms. The summed E-state index contributed by atoms with van der Waals surface area (Å²) in [5, 5.41) is 14.2. The minimum absolute atomic E-state index is 0.0516. The molecule has 124 valence electrons. The second-order valence-corrected chi connectivity index (χ2v) is 5.42. The Morgan fingerprint density at radius 2 is 1.73 bits per heavy atom. The first-order valence-electron chi connectivity index (χ1n) is 7.87. The van der Waals surface area contributed by atoms with Crippen LogP contribution in [0.25, 0.3) is 0 Å². The molecule has 0 saturated heterocycles. The highest BCUT2D eigenvalue weighted by Crippen LogP contribution is 2.05. The van der Waals surface area contributed by atoms with Crippen molar-refractivity contribution >= 4 is 12.6 Å². The maximum atomic E-state index is 10.7. The summed E-state index contributed by atoms with van der Waals surface area (Å²) < 4.78 is 1.85. The maximum Gasteiger partial charge on any atom is 0.136 e. The van der Waals surface area contributed by atoms with Crippen molar-refractivity contribution in [1.82, 2.24) is 25.6 Å². The van der Waals surface area contributed by atoms with Crippen molar-refractivity contribution in [3.63, 3.8) is 0 Å². The predicted molar refractivity (Wildman–Crippen MR) is 84.6 cm³/mol. The number of hydrogen-bond acceptors (Lipinski definition) is 6. The van der Waals surface area contributed by atoms with E-state index in [0.717, 1.165) is 63.3 Å². The van der Waals surface area contributed by atoms with Crippen LogP contribution in [-0.2, 0) is 22.6 Å². The lowest BCUT2D eigenvalue weighted by Crippen LogP contribution is -2.26. The van der Waals surface area contributed by atoms with Gasteiger partial charge in [-0.1, -0.05) is 5.21 Å². The van der Waals surface area contributed by atoms with Crippen LogP contribution in [0.2, 0.25) is 0 Å². The molecule has 22 heavy (non-hydrogen) atoms. The van der Waals surface area contributed by atoms with Gasteiger partial charge in [0.15, 0.2) is 0 Å². The molecule has 0 radical (unpaired) electrons. The summed E-state index contributed by atoms with van der Waals surface area (Å²) >= 11 is 0. The number of likely N-dealkylation sites (N-methyl/N-ethyl adjacent to an activating group) is 2. The molecular formula is C15H27N5O2. The zero-order valence-electron chi connectivity index (χ0n) is 13.5. The van der Waals surface area contributed by atoms with Crippen LogP contribution in [0, 0.1) is 0 Å². The Balaban J connectivity index is 2.21. The van der Waals surface area contributed by atoms with Gasteiger partial charge in [-0.25, -0.2) is 0 Å². The van der Waals surface area contributed by atoms with Crippen LogP contribution in [-0.4, -0.2) is 53.7 Å². The number of aromatic nitrogens is 3. The van der Waals surface area contributed by atoms with Crippen LogP contribution in [0.3, 0.4) is 0 Å². The van der Waals surface area contributed by atoms with Gasteiger partial charge in [0.25, 0.3) is 0 Å². The number of carbonyl (C=O) groups excluding carboxylic acids is 2. The Morgan fingerprint density at radius 3 is 2.32 bits per heavy atom. The average Bonchev–Trinajstić information content (AvgIpc) is 2.99. The fraction of sp³-hybridized carbons (Fsp3) is 0.733. The van der Waals surface area contributed by atoms with E-state index in [1.807, 2.05) is 10.9 Å². The predicted octanol–water partition coefficient (Wildman–Crippen LogP) is 0.345. The van der Waals surface area contributed by atoms with Gasteiger partial charge >= 0.3 is 0 Å². The van der Waals surface area contributed by atoms with Gasteiger partial charge in [-0.2, -0.15) is 0 Å². The molecule has 0 fully saturated rings. The molecule has 0 amide bonds. The first-order chi connectivity index (χ1) is 10.7. The normalized spacial score (nSPS) is 13.7. The van der Waals surface area contributed by atoms with Gasteiger partial charge in [0.2, 0.25) is 0 Å². The molecule has 0 aliphatic carbocycles. The van der Waals surface area contributed by atoms with Crippen LogP contribution in [0.5, 0.6) is 0 Å². The third-order valence-corrected chi connectivity index (χ3v) is 3.76. The van der Waals surface area contributed by atoms with Gasteiger partial charge in [-0.15, -0.1) is 5.10 Å². The van der Waals surface area contributed by atoms with E-state index in [-0.39, 0.29) is 12.1 Å². The van der Waals surface area contributed by atoms with Crippen molar-refractivity contribution in [2.24, 2.45) is 0 Å². The van der Waals surface area contributed by atoms with E-state index in [2.05, 4.69) is 20.9 Å². The van der Waals surface area contributed by atoms with Gasteiger partial charge in [0.05, 0.1) is 17.8 Å². The van der Waals surface area contributed by atoms with E-state index in [4.69, 9.17) is 0 Å². The van der Waals surface area contributed by atoms with Crippen LogP contribution in [0.4, 0.5) is 0 Å². The van der Waals surface area contributed by atoms with Crippen LogP contribution in [0.15, 0.2) is 6.20 Å².